The number of nitrogens with zero attached hydrogens (tertiary/aromatic N) is 6. The van der Waals surface area contributed by atoms with Crippen LogP contribution in [0.2, 0.25) is 0 Å². The number of benzene rings is 1. The molecule has 0 saturated carbocycles. The van der Waals surface area contributed by atoms with Gasteiger partial charge in [0.05, 0.1) is 12.4 Å². The van der Waals surface area contributed by atoms with E-state index >= 15 is 4.39 Å². The number of anilines is 1. The molecule has 0 unspecified atom stereocenters. The van der Waals surface area contributed by atoms with Crippen molar-refractivity contribution in [2.75, 3.05) is 24.5 Å². The number of halogens is 1. The third-order valence-electron chi connectivity index (χ3n) is 5.26. The van der Waals surface area contributed by atoms with Gasteiger partial charge >= 0.3 is 0 Å². The fourth-order valence-electron chi connectivity index (χ4n) is 3.53. The molecule has 9 nitrogen and oxygen atoms in total. The summed E-state index contributed by atoms with van der Waals surface area (Å²) in [6.45, 7) is 4.28. The largest absolute Gasteiger partial charge is 0.428 e. The van der Waals surface area contributed by atoms with E-state index in [2.05, 4.69) is 39.4 Å². The molecule has 0 amide bonds. The van der Waals surface area contributed by atoms with Crippen molar-refractivity contribution in [1.82, 2.24) is 30.3 Å². The van der Waals surface area contributed by atoms with Crippen LogP contribution in [-0.4, -0.2) is 57.1 Å². The highest BCUT2D eigenvalue weighted by Crippen LogP contribution is 2.35. The van der Waals surface area contributed by atoms with E-state index in [0.29, 0.717) is 17.9 Å². The van der Waals surface area contributed by atoms with Gasteiger partial charge in [0.1, 0.15) is 17.3 Å². The van der Waals surface area contributed by atoms with E-state index in [-0.39, 0.29) is 34.6 Å². The molecule has 3 aromatic rings. The molecule has 31 heavy (non-hydrogen) atoms. The fraction of sp³-hybridized carbons (Fsp3) is 0.381. The highest BCUT2D eigenvalue weighted by atomic mass is 19.1. The number of nitrogens with one attached hydrogen (secondary N) is 1. The van der Waals surface area contributed by atoms with Crippen LogP contribution >= 0.6 is 0 Å². The van der Waals surface area contributed by atoms with Crippen LogP contribution in [-0.2, 0) is 11.8 Å². The molecule has 1 fully saturated rings. The lowest BCUT2D eigenvalue weighted by molar-refractivity contribution is -0.120. The van der Waals surface area contributed by atoms with Crippen LogP contribution < -0.4 is 15.0 Å². The Kier molecular flexibility index (Phi) is 4.89. The zero-order valence-corrected chi connectivity index (χ0v) is 17.1. The zero-order valence-electron chi connectivity index (χ0n) is 20.1. The summed E-state index contributed by atoms with van der Waals surface area (Å²) in [5, 5.41) is 15.6. The molecule has 0 spiro atoms. The van der Waals surface area contributed by atoms with Crippen molar-refractivity contribution >= 4 is 12.4 Å². The Morgan fingerprint density at radius 2 is 2.19 bits per heavy atom. The summed E-state index contributed by atoms with van der Waals surface area (Å²) in [5.41, 5.74) is 0.645. The number of ether oxygens (including phenoxy) is 1. The monoisotopic (exact) mass is 428 g/mol. The summed E-state index contributed by atoms with van der Waals surface area (Å²) in [4.78, 5) is 17.5. The summed E-state index contributed by atoms with van der Waals surface area (Å²) in [6.07, 6.45) is 3.88. The van der Waals surface area contributed by atoms with Crippen LogP contribution in [0.4, 0.5) is 10.3 Å². The number of hydrogen-bond donors (Lipinski definition) is 1. The Bertz CT molecular complexity index is 1170. The van der Waals surface area contributed by atoms with Gasteiger partial charge < -0.3 is 15.0 Å². The van der Waals surface area contributed by atoms with Crippen molar-refractivity contribution < 1.29 is 18.0 Å². The van der Waals surface area contributed by atoms with E-state index in [1.54, 1.807) is 0 Å². The van der Waals surface area contributed by atoms with Crippen molar-refractivity contribution in [2.45, 2.75) is 19.9 Å². The van der Waals surface area contributed by atoms with Gasteiger partial charge in [0.2, 0.25) is 5.95 Å². The van der Waals surface area contributed by atoms with E-state index in [1.807, 2.05) is 4.90 Å². The molecule has 2 aromatic heterocycles. The smallest absolute Gasteiger partial charge is 0.298 e. The molecular formula is C21H24FN7O2. The summed E-state index contributed by atoms with van der Waals surface area (Å²) in [5.74, 6) is 0.263. The first kappa shape index (κ1) is 17.3. The predicted octanol–water partition coefficient (Wildman–Crippen LogP) is 2.05. The van der Waals surface area contributed by atoms with Gasteiger partial charge in [-0.2, -0.15) is 5.10 Å². The number of rotatable bonds is 6. The van der Waals surface area contributed by atoms with Gasteiger partial charge in [0, 0.05) is 59.7 Å². The van der Waals surface area contributed by atoms with Gasteiger partial charge in [-0.3, -0.25) is 9.48 Å². The predicted molar refractivity (Wildman–Crippen MR) is 113 cm³/mol. The Morgan fingerprint density at radius 3 is 2.87 bits per heavy atom. The van der Waals surface area contributed by atoms with Gasteiger partial charge in [0.15, 0.2) is 0 Å². The molecule has 1 aliphatic rings. The van der Waals surface area contributed by atoms with Crippen LogP contribution in [0.25, 0.3) is 22.4 Å². The van der Waals surface area contributed by atoms with Gasteiger partial charge in [-0.25, -0.2) is 9.37 Å². The van der Waals surface area contributed by atoms with Crippen LogP contribution in [0.15, 0.2) is 30.7 Å². The number of aromatic nitrogens is 5. The maximum atomic E-state index is 15.0. The van der Waals surface area contributed by atoms with E-state index in [1.165, 1.54) is 24.7 Å². The standard InChI is InChI=1S/C21H24FN7O2/c1-13(2)19-11-29(5-4-23-19)21-24-9-18(26-27-21)16-6-17(22)15(7-20(16)31-12-30)14-8-25-28(3)10-14/h6-10,12-13,19,23H,4-5,11H2,1-3H3/t19-/m1/s1/i3D3. The molecule has 3 heterocycles. The van der Waals surface area contributed by atoms with E-state index in [4.69, 9.17) is 8.85 Å². The second kappa shape index (κ2) is 8.76. The first-order chi connectivity index (χ1) is 16.2. The Labute approximate surface area is 183 Å². The third-order valence-corrected chi connectivity index (χ3v) is 5.26. The van der Waals surface area contributed by atoms with Crippen molar-refractivity contribution in [3.63, 3.8) is 0 Å². The topological polar surface area (TPSA) is 98.1 Å². The number of carbonyl (C=O) groups excluding carboxylic acids is 1. The van der Waals surface area contributed by atoms with Crippen LogP contribution in [0.3, 0.4) is 0 Å². The molecule has 0 radical (unpaired) electrons. The van der Waals surface area contributed by atoms with Gasteiger partial charge in [-0.05, 0) is 18.1 Å². The number of aryl methyl sites for hydroxylation is 1. The van der Waals surface area contributed by atoms with E-state index in [0.717, 1.165) is 30.4 Å². The minimum atomic E-state index is -2.50. The number of hydrogen-bond acceptors (Lipinski definition) is 8. The van der Waals surface area contributed by atoms with Crippen molar-refractivity contribution in [3.05, 3.63) is 36.5 Å². The maximum absolute atomic E-state index is 15.0. The van der Waals surface area contributed by atoms with Gasteiger partial charge in [-0.1, -0.05) is 13.8 Å². The van der Waals surface area contributed by atoms with Crippen LogP contribution in [0.5, 0.6) is 5.75 Å². The molecule has 1 aromatic carbocycles. The first-order valence-electron chi connectivity index (χ1n) is 11.3. The second-order valence-corrected chi connectivity index (χ2v) is 7.61. The summed E-state index contributed by atoms with van der Waals surface area (Å²) < 4.78 is 43.1. The molecular weight excluding hydrogens is 401 g/mol. The minimum Gasteiger partial charge on any atom is -0.428 e. The summed E-state index contributed by atoms with van der Waals surface area (Å²) in [6, 6.07) is 2.74. The molecule has 0 bridgehead atoms. The zero-order chi connectivity index (χ0) is 24.5. The minimum absolute atomic E-state index is 0.0224. The second-order valence-electron chi connectivity index (χ2n) is 7.61. The molecule has 10 heteroatoms. The van der Waals surface area contributed by atoms with Gasteiger partial charge in [-0.15, -0.1) is 10.2 Å². The van der Waals surface area contributed by atoms with Crippen molar-refractivity contribution in [1.29, 1.82) is 0 Å². The van der Waals surface area contributed by atoms with Crippen molar-refractivity contribution in [2.24, 2.45) is 12.9 Å². The Morgan fingerprint density at radius 1 is 1.32 bits per heavy atom. The maximum Gasteiger partial charge on any atom is 0.298 e. The lowest BCUT2D eigenvalue weighted by Crippen LogP contribution is -2.53. The average molecular weight is 428 g/mol. The lowest BCUT2D eigenvalue weighted by Gasteiger charge is -2.35. The quantitative estimate of drug-likeness (QED) is 0.596. The van der Waals surface area contributed by atoms with Gasteiger partial charge in [0.25, 0.3) is 6.47 Å². The van der Waals surface area contributed by atoms with E-state index in [9.17, 15) is 4.79 Å². The number of carbonyl (C=O) groups is 1. The highest BCUT2D eigenvalue weighted by molar-refractivity contribution is 5.75. The van der Waals surface area contributed by atoms with E-state index < -0.39 is 12.8 Å². The average Bonchev–Trinajstić information content (AvgIpc) is 3.31. The fourth-order valence-corrected chi connectivity index (χ4v) is 3.53. The normalized spacial score (nSPS) is 18.4. The lowest BCUT2D eigenvalue weighted by atomic mass is 10.0. The molecule has 1 saturated heterocycles. The molecule has 4 rings (SSSR count). The molecule has 1 N–H and O–H groups in total. The van der Waals surface area contributed by atoms with Crippen molar-refractivity contribution in [3.8, 4) is 28.1 Å². The summed E-state index contributed by atoms with van der Waals surface area (Å²) in [7, 11) is 0. The first-order valence-corrected chi connectivity index (χ1v) is 9.85. The molecule has 1 atom stereocenters. The third kappa shape index (κ3) is 4.38. The Hall–Kier alpha value is -3.40. The SMILES string of the molecule is [2H]C([2H])([2H])n1cc(-c2cc(OC=O)c(-c3cnc(N4CCN[C@@H](C(C)C)C4)nn3)cc2F)cn1. The Balaban J connectivity index is 1.64. The van der Waals surface area contributed by atoms with Crippen LogP contribution in [0, 0.1) is 11.7 Å². The molecule has 162 valence electrons. The molecule has 1 aliphatic heterocycles. The summed E-state index contributed by atoms with van der Waals surface area (Å²) >= 11 is 0. The van der Waals surface area contributed by atoms with Crippen LogP contribution in [0.1, 0.15) is 18.0 Å². The highest BCUT2D eigenvalue weighted by Gasteiger charge is 2.24. The number of piperazine rings is 1. The molecule has 0 aliphatic carbocycles.